The highest BCUT2D eigenvalue weighted by atomic mass is 16.5. The van der Waals surface area contributed by atoms with Crippen molar-refractivity contribution in [2.75, 3.05) is 20.3 Å². The highest BCUT2D eigenvalue weighted by molar-refractivity contribution is 6.25. The number of allylic oxidation sites excluding steroid dienone is 2. The number of carbonyl (C=O) groups is 3. The zero-order valence-electron chi connectivity index (χ0n) is 13.3. The second-order valence-corrected chi connectivity index (χ2v) is 6.49. The van der Waals surface area contributed by atoms with Crippen molar-refractivity contribution < 1.29 is 23.9 Å². The minimum Gasteiger partial charge on any atom is -0.449 e. The Kier molecular flexibility index (Phi) is 2.89. The van der Waals surface area contributed by atoms with Crippen LogP contribution in [0.1, 0.15) is 6.92 Å². The van der Waals surface area contributed by atoms with E-state index in [2.05, 4.69) is 5.32 Å². The van der Waals surface area contributed by atoms with Crippen molar-refractivity contribution in [3.63, 3.8) is 0 Å². The van der Waals surface area contributed by atoms with Crippen molar-refractivity contribution in [2.45, 2.75) is 24.7 Å². The normalized spacial score (nSPS) is 36.8. The third-order valence-corrected chi connectivity index (χ3v) is 5.47. The molecule has 2 fully saturated rings. The number of methoxy groups -OCH3 is 1. The molecule has 4 aliphatic rings. The number of nitrogens with zero attached hydrogens (tertiary/aromatic N) is 1. The predicted molar refractivity (Wildman–Crippen MR) is 80.1 cm³/mol. The summed E-state index contributed by atoms with van der Waals surface area (Å²) >= 11 is 0. The minimum atomic E-state index is -0.936. The van der Waals surface area contributed by atoms with E-state index in [0.717, 1.165) is 0 Å². The number of Topliss-reactive ketones (excluding diaryl/α,β-unsaturated/α-hetero) is 2. The highest BCUT2D eigenvalue weighted by Crippen LogP contribution is 2.53. The van der Waals surface area contributed by atoms with E-state index in [1.165, 1.54) is 0 Å². The third-order valence-electron chi connectivity index (χ3n) is 5.47. The molecule has 3 heterocycles. The highest BCUT2D eigenvalue weighted by Gasteiger charge is 2.73. The van der Waals surface area contributed by atoms with Crippen LogP contribution < -0.4 is 16.8 Å². The standard InChI is InChI=1S/C15H18N4O5/c1-5-9(16)12(21)8-6(4-24-14(17)22)13-15(23-2)7(18-15)3-19(13)10(8)11(5)20/h6-7,13,18H,3-4,16H2,1-2H3,(H2,17,22). The molecule has 0 saturated carbocycles. The van der Waals surface area contributed by atoms with Gasteiger partial charge < -0.3 is 25.8 Å². The van der Waals surface area contributed by atoms with Gasteiger partial charge in [0, 0.05) is 30.7 Å². The first-order valence-electron chi connectivity index (χ1n) is 7.65. The zero-order chi connectivity index (χ0) is 17.4. The molecule has 128 valence electrons. The molecule has 1 aliphatic carbocycles. The maximum atomic E-state index is 12.7. The Morgan fingerprint density at radius 3 is 2.75 bits per heavy atom. The van der Waals surface area contributed by atoms with E-state index in [4.69, 9.17) is 20.9 Å². The van der Waals surface area contributed by atoms with Crippen molar-refractivity contribution >= 4 is 17.7 Å². The van der Waals surface area contributed by atoms with Gasteiger partial charge in [0.15, 0.2) is 5.72 Å². The van der Waals surface area contributed by atoms with Crippen molar-refractivity contribution in [2.24, 2.45) is 17.4 Å². The van der Waals surface area contributed by atoms with Crippen LogP contribution in [0.15, 0.2) is 22.5 Å². The average Bonchev–Trinajstić information content (AvgIpc) is 3.01. The number of ketones is 2. The lowest BCUT2D eigenvalue weighted by atomic mass is 9.83. The maximum absolute atomic E-state index is 12.7. The van der Waals surface area contributed by atoms with Crippen LogP contribution in [0.25, 0.3) is 0 Å². The second kappa shape index (κ2) is 4.58. The topological polar surface area (TPSA) is 147 Å². The van der Waals surface area contributed by atoms with Crippen LogP contribution in [-0.2, 0) is 19.1 Å². The molecule has 3 aliphatic heterocycles. The lowest BCUT2D eigenvalue weighted by Gasteiger charge is -2.31. The SMILES string of the molecule is COC12NC1CN1C3=C(C(=O)C(N)=C(C)C3=O)C(COC(N)=O)C12. The van der Waals surface area contributed by atoms with Crippen LogP contribution in [0, 0.1) is 5.92 Å². The number of nitrogens with one attached hydrogen (secondary N) is 1. The van der Waals surface area contributed by atoms with E-state index in [1.54, 1.807) is 14.0 Å². The molecule has 0 spiro atoms. The summed E-state index contributed by atoms with van der Waals surface area (Å²) < 4.78 is 10.6. The first-order chi connectivity index (χ1) is 11.3. The number of nitrogens with two attached hydrogens (primary N) is 2. The van der Waals surface area contributed by atoms with Crippen LogP contribution in [0.4, 0.5) is 4.79 Å². The predicted octanol–water partition coefficient (Wildman–Crippen LogP) is -1.65. The number of amides is 1. The largest absolute Gasteiger partial charge is 0.449 e. The van der Waals surface area contributed by atoms with Gasteiger partial charge in [-0.1, -0.05) is 0 Å². The molecule has 4 rings (SSSR count). The number of ether oxygens (including phenoxy) is 2. The average molecular weight is 334 g/mol. The van der Waals surface area contributed by atoms with Crippen LogP contribution in [-0.4, -0.2) is 60.6 Å². The zero-order valence-corrected chi connectivity index (χ0v) is 13.3. The van der Waals surface area contributed by atoms with Gasteiger partial charge in [-0.05, 0) is 6.92 Å². The summed E-state index contributed by atoms with van der Waals surface area (Å²) in [5, 5.41) is 3.25. The molecule has 0 aromatic carbocycles. The molecule has 4 unspecified atom stereocenters. The van der Waals surface area contributed by atoms with Gasteiger partial charge in [0.2, 0.25) is 11.6 Å². The fourth-order valence-electron chi connectivity index (χ4n) is 4.29. The van der Waals surface area contributed by atoms with E-state index in [9.17, 15) is 14.4 Å². The van der Waals surface area contributed by atoms with E-state index in [0.29, 0.717) is 12.2 Å². The Hall–Kier alpha value is -2.39. The number of carbonyl (C=O) groups excluding carboxylic acids is 3. The molecule has 0 bridgehead atoms. The summed E-state index contributed by atoms with van der Waals surface area (Å²) in [6, 6.07) is -0.271. The lowest BCUT2D eigenvalue weighted by Crippen LogP contribution is -2.47. The third kappa shape index (κ3) is 1.63. The second-order valence-electron chi connectivity index (χ2n) is 6.49. The van der Waals surface area contributed by atoms with E-state index >= 15 is 0 Å². The van der Waals surface area contributed by atoms with Gasteiger partial charge in [0.1, 0.15) is 6.61 Å². The van der Waals surface area contributed by atoms with Gasteiger partial charge in [-0.25, -0.2) is 4.79 Å². The van der Waals surface area contributed by atoms with Gasteiger partial charge in [-0.3, -0.25) is 14.9 Å². The molecule has 9 heteroatoms. The van der Waals surface area contributed by atoms with Crippen molar-refractivity contribution in [1.29, 1.82) is 0 Å². The molecule has 2 saturated heterocycles. The first kappa shape index (κ1) is 15.2. The Bertz CT molecular complexity index is 753. The maximum Gasteiger partial charge on any atom is 0.404 e. The number of fused-ring (bicyclic) bond motifs is 4. The monoisotopic (exact) mass is 334 g/mol. The number of rotatable bonds is 3. The summed E-state index contributed by atoms with van der Waals surface area (Å²) in [6.07, 6.45) is -0.936. The van der Waals surface area contributed by atoms with Crippen LogP contribution in [0.5, 0.6) is 0 Å². The smallest absolute Gasteiger partial charge is 0.404 e. The minimum absolute atomic E-state index is 0.0593. The van der Waals surface area contributed by atoms with Gasteiger partial charge in [0.05, 0.1) is 23.5 Å². The molecule has 1 amide bonds. The Morgan fingerprint density at radius 2 is 2.12 bits per heavy atom. The summed E-state index contributed by atoms with van der Waals surface area (Å²) in [5.74, 6) is -1.19. The van der Waals surface area contributed by atoms with Gasteiger partial charge in [-0.2, -0.15) is 0 Å². The van der Waals surface area contributed by atoms with Gasteiger partial charge in [0.25, 0.3) is 0 Å². The lowest BCUT2D eigenvalue weighted by molar-refractivity contribution is -0.117. The molecule has 0 aromatic heterocycles. The van der Waals surface area contributed by atoms with Gasteiger partial charge in [-0.15, -0.1) is 0 Å². The van der Waals surface area contributed by atoms with Crippen molar-refractivity contribution in [1.82, 2.24) is 10.2 Å². The summed E-state index contributed by atoms with van der Waals surface area (Å²) in [5.41, 5.74) is 11.1. The van der Waals surface area contributed by atoms with E-state index < -0.39 is 23.5 Å². The molecule has 0 aromatic rings. The molecule has 0 radical (unpaired) electrons. The Morgan fingerprint density at radius 1 is 1.42 bits per heavy atom. The summed E-state index contributed by atoms with van der Waals surface area (Å²) in [6.45, 7) is 1.97. The van der Waals surface area contributed by atoms with Crippen molar-refractivity contribution in [3.8, 4) is 0 Å². The summed E-state index contributed by atoms with van der Waals surface area (Å²) in [7, 11) is 1.57. The molecule has 5 N–H and O–H groups in total. The van der Waals surface area contributed by atoms with Crippen LogP contribution in [0.3, 0.4) is 0 Å². The summed E-state index contributed by atoms with van der Waals surface area (Å²) in [4.78, 5) is 38.4. The van der Waals surface area contributed by atoms with Crippen molar-refractivity contribution in [3.05, 3.63) is 22.5 Å². The van der Waals surface area contributed by atoms with E-state index in [1.807, 2.05) is 4.90 Å². The fourth-order valence-corrected chi connectivity index (χ4v) is 4.29. The molecular formula is C15H18N4O5. The van der Waals surface area contributed by atoms with Gasteiger partial charge >= 0.3 is 6.09 Å². The van der Waals surface area contributed by atoms with Crippen LogP contribution >= 0.6 is 0 Å². The van der Waals surface area contributed by atoms with Crippen LogP contribution in [0.2, 0.25) is 0 Å². The molecule has 24 heavy (non-hydrogen) atoms. The molecule has 4 atom stereocenters. The molecular weight excluding hydrogens is 316 g/mol. The fraction of sp³-hybridized carbons (Fsp3) is 0.533. The number of hydrogen-bond donors (Lipinski definition) is 3. The first-order valence-corrected chi connectivity index (χ1v) is 7.65. The number of primary amides is 1. The number of piperazine rings is 1. The quantitative estimate of drug-likeness (QED) is 0.411. The van der Waals surface area contributed by atoms with E-state index in [-0.39, 0.29) is 41.3 Å². The number of hydrogen-bond acceptors (Lipinski definition) is 8. The Labute approximate surface area is 137 Å². The Balaban J connectivity index is 1.80. The molecule has 9 nitrogen and oxygen atoms in total.